The third-order valence-corrected chi connectivity index (χ3v) is 5.04. The van der Waals surface area contributed by atoms with E-state index in [0.717, 1.165) is 50.6 Å². The summed E-state index contributed by atoms with van der Waals surface area (Å²) in [5, 5.41) is 1.10. The molecule has 2 heterocycles. The number of aromatic amines is 2. The van der Waals surface area contributed by atoms with E-state index in [4.69, 9.17) is 9.72 Å². The van der Waals surface area contributed by atoms with Crippen molar-refractivity contribution in [3.63, 3.8) is 0 Å². The van der Waals surface area contributed by atoms with Crippen LogP contribution in [0.15, 0.2) is 79.0 Å². The Morgan fingerprint density at radius 2 is 1.59 bits per heavy atom. The van der Waals surface area contributed by atoms with Crippen LogP contribution in [0.4, 0.5) is 4.39 Å². The second-order valence-electron chi connectivity index (χ2n) is 6.79. The molecule has 29 heavy (non-hydrogen) atoms. The van der Waals surface area contributed by atoms with Crippen LogP contribution in [0.1, 0.15) is 0 Å². The largest absolute Gasteiger partial charge is 0.497 e. The number of hydrogen-bond donors (Lipinski definition) is 2. The molecular formula is C24H18FN3O. The Hall–Kier alpha value is -3.86. The van der Waals surface area contributed by atoms with E-state index in [1.54, 1.807) is 19.2 Å². The number of benzene rings is 3. The van der Waals surface area contributed by atoms with Crippen LogP contribution >= 0.6 is 0 Å². The maximum Gasteiger partial charge on any atom is 0.138 e. The molecule has 5 aromatic rings. The number of aromatic nitrogens is 3. The van der Waals surface area contributed by atoms with Crippen LogP contribution in [0.25, 0.3) is 44.8 Å². The van der Waals surface area contributed by atoms with Crippen molar-refractivity contribution in [2.75, 3.05) is 7.11 Å². The Bertz CT molecular complexity index is 1280. The van der Waals surface area contributed by atoms with E-state index in [0.29, 0.717) is 0 Å². The van der Waals surface area contributed by atoms with Crippen molar-refractivity contribution < 1.29 is 9.13 Å². The van der Waals surface area contributed by atoms with Crippen molar-refractivity contribution in [2.24, 2.45) is 0 Å². The first-order valence-electron chi connectivity index (χ1n) is 9.30. The Kier molecular flexibility index (Phi) is 4.13. The number of fused-ring (bicyclic) bond motifs is 1. The van der Waals surface area contributed by atoms with E-state index in [1.807, 2.05) is 48.7 Å². The lowest BCUT2D eigenvalue weighted by Crippen LogP contribution is -1.84. The molecule has 0 amide bonds. The molecule has 5 rings (SSSR count). The van der Waals surface area contributed by atoms with Gasteiger partial charge in [0.1, 0.15) is 17.4 Å². The van der Waals surface area contributed by atoms with E-state index < -0.39 is 0 Å². The maximum absolute atomic E-state index is 13.5. The molecule has 0 fully saturated rings. The second kappa shape index (κ2) is 6.95. The topological polar surface area (TPSA) is 53.7 Å². The molecule has 3 aromatic carbocycles. The lowest BCUT2D eigenvalue weighted by molar-refractivity contribution is 0.415. The third kappa shape index (κ3) is 3.06. The highest BCUT2D eigenvalue weighted by Crippen LogP contribution is 2.36. The minimum absolute atomic E-state index is 0.270. The minimum atomic E-state index is -0.270. The van der Waals surface area contributed by atoms with E-state index >= 15 is 0 Å². The molecule has 0 unspecified atom stereocenters. The molecule has 0 aliphatic rings. The summed E-state index contributed by atoms with van der Waals surface area (Å²) in [5.74, 6) is 1.26. The lowest BCUT2D eigenvalue weighted by Gasteiger charge is -2.02. The summed E-state index contributed by atoms with van der Waals surface area (Å²) in [7, 11) is 1.64. The van der Waals surface area contributed by atoms with Crippen molar-refractivity contribution in [3.8, 4) is 39.7 Å². The second-order valence-corrected chi connectivity index (χ2v) is 6.79. The Balaban J connectivity index is 1.71. The number of nitrogens with one attached hydrogen (secondary N) is 2. The third-order valence-electron chi connectivity index (χ3n) is 5.04. The number of rotatable bonds is 4. The Morgan fingerprint density at radius 3 is 2.34 bits per heavy atom. The average Bonchev–Trinajstić information content (AvgIpc) is 3.39. The van der Waals surface area contributed by atoms with Crippen LogP contribution in [0.5, 0.6) is 5.75 Å². The molecule has 2 aromatic heterocycles. The first kappa shape index (κ1) is 17.3. The number of H-pyrrole nitrogens is 2. The number of para-hydroxylation sites is 1. The summed E-state index contributed by atoms with van der Waals surface area (Å²) >= 11 is 0. The number of ether oxygens (including phenoxy) is 1. The molecule has 142 valence electrons. The molecule has 0 saturated heterocycles. The van der Waals surface area contributed by atoms with Crippen molar-refractivity contribution in [1.82, 2.24) is 15.0 Å². The first-order valence-corrected chi connectivity index (χ1v) is 9.30. The number of hydrogen-bond acceptors (Lipinski definition) is 2. The van der Waals surface area contributed by atoms with Gasteiger partial charge in [-0.25, -0.2) is 9.37 Å². The number of methoxy groups -OCH3 is 1. The van der Waals surface area contributed by atoms with Gasteiger partial charge < -0.3 is 14.7 Å². The highest BCUT2D eigenvalue weighted by atomic mass is 19.1. The molecule has 0 saturated carbocycles. The Labute approximate surface area is 167 Å². The van der Waals surface area contributed by atoms with Gasteiger partial charge in [0.2, 0.25) is 0 Å². The molecule has 5 heteroatoms. The molecular weight excluding hydrogens is 365 g/mol. The number of halogens is 1. The van der Waals surface area contributed by atoms with Gasteiger partial charge in [0, 0.05) is 33.8 Å². The van der Waals surface area contributed by atoms with Gasteiger partial charge in [0.05, 0.1) is 18.5 Å². The zero-order chi connectivity index (χ0) is 19.8. The highest BCUT2D eigenvalue weighted by molar-refractivity contribution is 5.98. The Morgan fingerprint density at radius 1 is 0.862 bits per heavy atom. The van der Waals surface area contributed by atoms with E-state index in [-0.39, 0.29) is 5.82 Å². The fraction of sp³-hybridized carbons (Fsp3) is 0.0417. The van der Waals surface area contributed by atoms with Gasteiger partial charge in [-0.15, -0.1) is 0 Å². The van der Waals surface area contributed by atoms with Crippen LogP contribution in [-0.2, 0) is 0 Å². The zero-order valence-corrected chi connectivity index (χ0v) is 15.7. The van der Waals surface area contributed by atoms with Gasteiger partial charge in [-0.3, -0.25) is 0 Å². The lowest BCUT2D eigenvalue weighted by atomic mass is 10.0. The van der Waals surface area contributed by atoms with Gasteiger partial charge in [-0.2, -0.15) is 0 Å². The van der Waals surface area contributed by atoms with Crippen LogP contribution < -0.4 is 4.74 Å². The predicted octanol–water partition coefficient (Wildman–Crippen LogP) is 6.04. The summed E-state index contributed by atoms with van der Waals surface area (Å²) < 4.78 is 18.7. The molecule has 4 nitrogen and oxygen atoms in total. The van der Waals surface area contributed by atoms with E-state index in [9.17, 15) is 4.39 Å². The summed E-state index contributed by atoms with van der Waals surface area (Å²) in [6.45, 7) is 0. The SMILES string of the molecule is COc1ccc(-c2nc(-c3ccc(F)cc3)c(-c3c[nH]c4ccccc34)[nH]2)cc1. The fourth-order valence-corrected chi connectivity index (χ4v) is 3.55. The quantitative estimate of drug-likeness (QED) is 0.397. The normalized spacial score (nSPS) is 11.1. The molecule has 0 atom stereocenters. The van der Waals surface area contributed by atoms with Crippen LogP contribution in [0.3, 0.4) is 0 Å². The molecule has 2 N–H and O–H groups in total. The monoisotopic (exact) mass is 383 g/mol. The van der Waals surface area contributed by atoms with E-state index in [1.165, 1.54) is 12.1 Å². The predicted molar refractivity (Wildman–Crippen MR) is 113 cm³/mol. The number of nitrogens with zero attached hydrogens (tertiary/aromatic N) is 1. The highest BCUT2D eigenvalue weighted by Gasteiger charge is 2.18. The number of imidazole rings is 1. The van der Waals surface area contributed by atoms with Crippen molar-refractivity contribution >= 4 is 10.9 Å². The maximum atomic E-state index is 13.5. The van der Waals surface area contributed by atoms with Crippen molar-refractivity contribution in [3.05, 3.63) is 84.8 Å². The molecule has 0 bridgehead atoms. The standard InChI is InChI=1S/C24H18FN3O/c1-29-18-12-8-16(9-13-18)24-27-22(15-6-10-17(25)11-7-15)23(28-24)20-14-26-21-5-3-2-4-19(20)21/h2-14,26H,1H3,(H,27,28). The van der Waals surface area contributed by atoms with Gasteiger partial charge in [-0.05, 0) is 54.6 Å². The van der Waals surface area contributed by atoms with Crippen LogP contribution in [0, 0.1) is 5.82 Å². The molecule has 0 aliphatic heterocycles. The van der Waals surface area contributed by atoms with Crippen molar-refractivity contribution in [1.29, 1.82) is 0 Å². The van der Waals surface area contributed by atoms with Crippen LogP contribution in [-0.4, -0.2) is 22.1 Å². The van der Waals surface area contributed by atoms with Gasteiger partial charge >= 0.3 is 0 Å². The first-order chi connectivity index (χ1) is 14.2. The van der Waals surface area contributed by atoms with E-state index in [2.05, 4.69) is 16.0 Å². The summed E-state index contributed by atoms with van der Waals surface area (Å²) in [4.78, 5) is 11.7. The van der Waals surface area contributed by atoms with Gasteiger partial charge in [0.25, 0.3) is 0 Å². The van der Waals surface area contributed by atoms with Gasteiger partial charge in [-0.1, -0.05) is 18.2 Å². The van der Waals surface area contributed by atoms with Gasteiger partial charge in [0.15, 0.2) is 0 Å². The van der Waals surface area contributed by atoms with Crippen LogP contribution in [0.2, 0.25) is 0 Å². The summed E-state index contributed by atoms with van der Waals surface area (Å²) in [5.41, 5.74) is 5.53. The fourth-order valence-electron chi connectivity index (χ4n) is 3.55. The molecule has 0 radical (unpaired) electrons. The molecule has 0 spiro atoms. The zero-order valence-electron chi connectivity index (χ0n) is 15.7. The minimum Gasteiger partial charge on any atom is -0.497 e. The average molecular weight is 383 g/mol. The molecule has 0 aliphatic carbocycles. The smallest absolute Gasteiger partial charge is 0.138 e. The summed E-state index contributed by atoms with van der Waals surface area (Å²) in [6.07, 6.45) is 1.98. The van der Waals surface area contributed by atoms with Crippen molar-refractivity contribution in [2.45, 2.75) is 0 Å². The summed E-state index contributed by atoms with van der Waals surface area (Å²) in [6, 6.07) is 22.3.